The van der Waals surface area contributed by atoms with Crippen molar-refractivity contribution in [3.8, 4) is 22.8 Å². The van der Waals surface area contributed by atoms with Crippen molar-refractivity contribution in [3.05, 3.63) is 59.8 Å². The summed E-state index contributed by atoms with van der Waals surface area (Å²) in [5.41, 5.74) is 6.24. The van der Waals surface area contributed by atoms with Gasteiger partial charge >= 0.3 is 0 Å². The van der Waals surface area contributed by atoms with Crippen molar-refractivity contribution in [2.45, 2.75) is 64.8 Å². The van der Waals surface area contributed by atoms with Gasteiger partial charge in [0.1, 0.15) is 25.7 Å². The van der Waals surface area contributed by atoms with Gasteiger partial charge in [-0.05, 0) is 50.5 Å². The number of hydrogen-bond donors (Lipinski definition) is 0. The van der Waals surface area contributed by atoms with Gasteiger partial charge < -0.3 is 18.6 Å². The summed E-state index contributed by atoms with van der Waals surface area (Å²) in [6, 6.07) is 10.1. The maximum Gasteiger partial charge on any atom is 0.167 e. The van der Waals surface area contributed by atoms with Crippen LogP contribution in [0.25, 0.3) is 11.3 Å². The lowest BCUT2D eigenvalue weighted by molar-refractivity contribution is -0.188. The lowest BCUT2D eigenvalue weighted by Gasteiger charge is -2.26. The fourth-order valence-corrected chi connectivity index (χ4v) is 4.11. The summed E-state index contributed by atoms with van der Waals surface area (Å²) in [5, 5.41) is 4.26. The molecule has 7 heteroatoms. The second-order valence-corrected chi connectivity index (χ2v) is 14.0. The van der Waals surface area contributed by atoms with Gasteiger partial charge in [-0.1, -0.05) is 30.7 Å². The minimum absolute atomic E-state index is 0.152. The van der Waals surface area contributed by atoms with Gasteiger partial charge in [0.05, 0.1) is 6.54 Å². The Morgan fingerprint density at radius 1 is 1.22 bits per heavy atom. The molecule has 1 aliphatic rings. The normalized spacial score (nSPS) is 17.6. The van der Waals surface area contributed by atoms with E-state index in [1.54, 1.807) is 6.20 Å². The van der Waals surface area contributed by atoms with Gasteiger partial charge in [-0.3, -0.25) is 0 Å². The first kappa shape index (κ1) is 22.5. The van der Waals surface area contributed by atoms with Crippen LogP contribution in [0.1, 0.15) is 49.4 Å². The smallest absolute Gasteiger partial charge is 0.167 e. The van der Waals surface area contributed by atoms with E-state index >= 15 is 0 Å². The van der Waals surface area contributed by atoms with Crippen molar-refractivity contribution in [2.75, 3.05) is 6.61 Å². The van der Waals surface area contributed by atoms with E-state index in [1.165, 1.54) is 0 Å². The number of aromatic nitrogens is 3. The molecular formula is C25H31N3O3Si. The summed E-state index contributed by atoms with van der Waals surface area (Å²) in [4.78, 5) is 4.50. The zero-order valence-electron chi connectivity index (χ0n) is 19.3. The summed E-state index contributed by atoms with van der Waals surface area (Å²) in [5.74, 6) is 4.88. The first-order valence-corrected chi connectivity index (χ1v) is 14.7. The molecule has 168 valence electrons. The molecule has 0 aliphatic carbocycles. The number of hydrogen-bond acceptors (Lipinski definition) is 5. The molecule has 0 N–H and O–H groups in total. The minimum Gasteiger partial charge on any atom is -0.356 e. The Hall–Kier alpha value is -2.66. The van der Waals surface area contributed by atoms with E-state index in [0.29, 0.717) is 6.54 Å². The summed E-state index contributed by atoms with van der Waals surface area (Å²) in [6.07, 6.45) is 6.59. The lowest BCUT2D eigenvalue weighted by atomic mass is 10.1. The molecule has 2 atom stereocenters. The molecule has 1 saturated heterocycles. The molecule has 0 radical (unpaired) electrons. The summed E-state index contributed by atoms with van der Waals surface area (Å²) < 4.78 is 19.4. The van der Waals surface area contributed by atoms with Gasteiger partial charge in [0.25, 0.3) is 0 Å². The van der Waals surface area contributed by atoms with Crippen LogP contribution in [0.4, 0.5) is 0 Å². The highest BCUT2D eigenvalue weighted by Gasteiger charge is 2.21. The topological polar surface area (TPSA) is 62.3 Å². The van der Waals surface area contributed by atoms with E-state index < -0.39 is 8.07 Å². The van der Waals surface area contributed by atoms with Crippen LogP contribution in [0.15, 0.2) is 47.2 Å². The Morgan fingerprint density at radius 2 is 2.03 bits per heavy atom. The van der Waals surface area contributed by atoms with Crippen molar-refractivity contribution in [1.29, 1.82) is 0 Å². The summed E-state index contributed by atoms with van der Waals surface area (Å²) in [6.45, 7) is 10.1. The third-order valence-corrected chi connectivity index (χ3v) is 6.12. The molecule has 1 aliphatic heterocycles. The van der Waals surface area contributed by atoms with E-state index in [1.807, 2.05) is 48.0 Å². The highest BCUT2D eigenvalue weighted by molar-refractivity contribution is 6.83. The average molecular weight is 450 g/mol. The highest BCUT2D eigenvalue weighted by Crippen LogP contribution is 2.25. The van der Waals surface area contributed by atoms with Crippen molar-refractivity contribution < 1.29 is 14.0 Å². The number of benzene rings is 1. The van der Waals surface area contributed by atoms with Crippen LogP contribution in [0, 0.1) is 11.5 Å². The zero-order chi connectivity index (χ0) is 22.6. The Morgan fingerprint density at radius 3 is 2.75 bits per heavy atom. The SMILES string of the molecule is CC(OC1CCCCO1)c1nccn1Cc1cc(-c2ccc(C#C[Si](C)(C)C)cc2)on1. The fourth-order valence-electron chi connectivity index (χ4n) is 3.59. The average Bonchev–Trinajstić information content (AvgIpc) is 3.43. The molecular weight excluding hydrogens is 418 g/mol. The molecule has 2 unspecified atom stereocenters. The molecule has 1 aromatic carbocycles. The zero-order valence-corrected chi connectivity index (χ0v) is 20.3. The molecule has 3 heterocycles. The lowest BCUT2D eigenvalue weighted by Crippen LogP contribution is -2.24. The third kappa shape index (κ3) is 5.97. The van der Waals surface area contributed by atoms with E-state index in [9.17, 15) is 0 Å². The second-order valence-electron chi connectivity index (χ2n) is 9.25. The molecule has 0 bridgehead atoms. The van der Waals surface area contributed by atoms with Crippen LogP contribution in [0.5, 0.6) is 0 Å². The standard InChI is InChI=1S/C25H31N3O3Si/c1-19(30-24-7-5-6-15-29-24)25-26-13-14-28(25)18-22-17-23(31-27-22)21-10-8-20(9-11-21)12-16-32(2,3)4/h8-11,13-14,17,19,24H,5-7,15,18H2,1-4H3. The minimum atomic E-state index is -1.38. The first-order valence-electron chi connectivity index (χ1n) is 11.2. The van der Waals surface area contributed by atoms with Crippen molar-refractivity contribution in [1.82, 2.24) is 14.7 Å². The largest absolute Gasteiger partial charge is 0.356 e. The van der Waals surface area contributed by atoms with Gasteiger partial charge in [-0.15, -0.1) is 5.54 Å². The maximum absolute atomic E-state index is 6.08. The highest BCUT2D eigenvalue weighted by atomic mass is 28.3. The maximum atomic E-state index is 6.08. The Bertz CT molecular complexity index is 1080. The fraction of sp³-hybridized carbons (Fsp3) is 0.440. The van der Waals surface area contributed by atoms with Gasteiger partial charge in [-0.25, -0.2) is 4.98 Å². The molecule has 32 heavy (non-hydrogen) atoms. The molecule has 0 amide bonds. The van der Waals surface area contributed by atoms with E-state index in [-0.39, 0.29) is 12.4 Å². The van der Waals surface area contributed by atoms with Gasteiger partial charge in [0.15, 0.2) is 12.1 Å². The number of imidazole rings is 1. The van der Waals surface area contributed by atoms with Crippen LogP contribution >= 0.6 is 0 Å². The molecule has 2 aromatic heterocycles. The van der Waals surface area contributed by atoms with Crippen LogP contribution in [-0.2, 0) is 16.0 Å². The number of ether oxygens (including phenoxy) is 2. The predicted molar refractivity (Wildman–Crippen MR) is 127 cm³/mol. The Labute approximate surface area is 190 Å². The predicted octanol–water partition coefficient (Wildman–Crippen LogP) is 5.42. The molecule has 3 aromatic rings. The molecule has 0 spiro atoms. The molecule has 1 fully saturated rings. The van der Waals surface area contributed by atoms with Crippen molar-refractivity contribution in [3.63, 3.8) is 0 Å². The molecule has 0 saturated carbocycles. The van der Waals surface area contributed by atoms with Crippen LogP contribution in [-0.4, -0.2) is 35.7 Å². The Balaban J connectivity index is 1.42. The van der Waals surface area contributed by atoms with E-state index in [2.05, 4.69) is 41.2 Å². The summed E-state index contributed by atoms with van der Waals surface area (Å²) in [7, 11) is -1.38. The molecule has 4 rings (SSSR count). The number of nitrogens with zero attached hydrogens (tertiary/aromatic N) is 3. The van der Waals surface area contributed by atoms with E-state index in [4.69, 9.17) is 14.0 Å². The monoisotopic (exact) mass is 449 g/mol. The second kappa shape index (κ2) is 9.86. The van der Waals surface area contributed by atoms with Gasteiger partial charge in [0, 0.05) is 36.2 Å². The van der Waals surface area contributed by atoms with Gasteiger partial charge in [0.2, 0.25) is 0 Å². The first-order chi connectivity index (χ1) is 15.4. The van der Waals surface area contributed by atoms with E-state index in [0.717, 1.165) is 54.3 Å². The van der Waals surface area contributed by atoms with Crippen molar-refractivity contribution >= 4 is 8.07 Å². The number of rotatable bonds is 6. The van der Waals surface area contributed by atoms with Crippen LogP contribution in [0.3, 0.4) is 0 Å². The van der Waals surface area contributed by atoms with Crippen molar-refractivity contribution in [2.24, 2.45) is 0 Å². The third-order valence-electron chi connectivity index (χ3n) is 5.25. The molecule has 6 nitrogen and oxygen atoms in total. The van der Waals surface area contributed by atoms with Gasteiger partial charge in [-0.2, -0.15) is 0 Å². The Kier molecular flexibility index (Phi) is 6.94. The quantitative estimate of drug-likeness (QED) is 0.371. The summed E-state index contributed by atoms with van der Waals surface area (Å²) >= 11 is 0. The van der Waals surface area contributed by atoms with Crippen LogP contribution < -0.4 is 0 Å². The van der Waals surface area contributed by atoms with Crippen LogP contribution in [0.2, 0.25) is 19.6 Å².